The van der Waals surface area contributed by atoms with Crippen molar-refractivity contribution in [3.05, 3.63) is 23.8 Å². The fourth-order valence-corrected chi connectivity index (χ4v) is 4.91. The molecule has 3 rings (SSSR count). The molecule has 1 aliphatic carbocycles. The number of hydrogen-bond acceptors (Lipinski definition) is 4. The Kier molecular flexibility index (Phi) is 4.59. The smallest absolute Gasteiger partial charge is 0.302 e. The number of phenols is 1. The van der Waals surface area contributed by atoms with E-state index in [9.17, 15) is 18.3 Å². The molecule has 1 aromatic rings. The number of carbonyl (C=O) groups excluding carboxylic acids is 1. The molecule has 0 aromatic heterocycles. The van der Waals surface area contributed by atoms with Gasteiger partial charge in [-0.05, 0) is 30.0 Å². The van der Waals surface area contributed by atoms with Gasteiger partial charge in [-0.25, -0.2) is 0 Å². The summed E-state index contributed by atoms with van der Waals surface area (Å²) in [5.74, 6) is 0.584. The van der Waals surface area contributed by atoms with Crippen LogP contribution in [0.15, 0.2) is 18.2 Å². The second-order valence-electron chi connectivity index (χ2n) is 6.43. The quantitative estimate of drug-likeness (QED) is 0.819. The Morgan fingerprint density at radius 1 is 1.26 bits per heavy atom. The van der Waals surface area contributed by atoms with Gasteiger partial charge in [0.2, 0.25) is 0 Å². The van der Waals surface area contributed by atoms with E-state index in [2.05, 4.69) is 4.72 Å². The first-order valence-corrected chi connectivity index (χ1v) is 9.51. The minimum absolute atomic E-state index is 0.00135. The van der Waals surface area contributed by atoms with Gasteiger partial charge in [0.25, 0.3) is 0 Å². The van der Waals surface area contributed by atoms with E-state index in [1.165, 1.54) is 32.1 Å². The number of carbonyl (C=O) groups is 1. The summed E-state index contributed by atoms with van der Waals surface area (Å²) in [7, 11) is -3.77. The van der Waals surface area contributed by atoms with Gasteiger partial charge in [-0.2, -0.15) is 13.1 Å². The first kappa shape index (κ1) is 16.3. The average Bonchev–Trinajstić information content (AvgIpc) is 2.83. The first-order chi connectivity index (χ1) is 11.0. The summed E-state index contributed by atoms with van der Waals surface area (Å²) in [5.41, 5.74) is 1.24. The largest absolute Gasteiger partial charge is 0.506 e. The lowest BCUT2D eigenvalue weighted by Gasteiger charge is -2.22. The Hall–Kier alpha value is -1.60. The van der Waals surface area contributed by atoms with Crippen LogP contribution in [0.4, 0.5) is 5.69 Å². The van der Waals surface area contributed by atoms with E-state index in [0.717, 1.165) is 16.3 Å². The summed E-state index contributed by atoms with van der Waals surface area (Å²) in [5, 5.41) is 10.3. The summed E-state index contributed by atoms with van der Waals surface area (Å²) in [6.45, 7) is 0.00135. The highest BCUT2D eigenvalue weighted by Gasteiger charge is 2.36. The van der Waals surface area contributed by atoms with Crippen molar-refractivity contribution in [1.82, 2.24) is 4.72 Å². The summed E-state index contributed by atoms with van der Waals surface area (Å²) >= 11 is 0. The molecule has 6 nitrogen and oxygen atoms in total. The lowest BCUT2D eigenvalue weighted by molar-refractivity contribution is -0.108. The summed E-state index contributed by atoms with van der Waals surface area (Å²) in [6.07, 6.45) is 7.74. The molecule has 1 heterocycles. The third-order valence-electron chi connectivity index (χ3n) is 4.67. The first-order valence-electron chi connectivity index (χ1n) is 8.07. The second-order valence-corrected chi connectivity index (χ2v) is 8.05. The van der Waals surface area contributed by atoms with Crippen molar-refractivity contribution < 1.29 is 18.3 Å². The predicted octanol–water partition coefficient (Wildman–Crippen LogP) is 1.74. The molecule has 23 heavy (non-hydrogen) atoms. The molecular formula is C16H22N2O4S. The molecule has 1 unspecified atom stereocenters. The van der Waals surface area contributed by atoms with E-state index < -0.39 is 16.3 Å². The topological polar surface area (TPSA) is 86.7 Å². The summed E-state index contributed by atoms with van der Waals surface area (Å²) < 4.78 is 27.4. The Labute approximate surface area is 136 Å². The van der Waals surface area contributed by atoms with E-state index in [-0.39, 0.29) is 18.0 Å². The van der Waals surface area contributed by atoms with Gasteiger partial charge >= 0.3 is 10.2 Å². The number of nitrogens with one attached hydrogen (secondary N) is 1. The van der Waals surface area contributed by atoms with Gasteiger partial charge in [-0.1, -0.05) is 38.2 Å². The Balaban J connectivity index is 1.78. The zero-order valence-corrected chi connectivity index (χ0v) is 13.8. The summed E-state index contributed by atoms with van der Waals surface area (Å²) in [6, 6.07) is 4.36. The molecule has 2 N–H and O–H groups in total. The standard InChI is InChI=1S/C16H22N2O4S/c19-11-14-10-18(23(21,22)17-14)15-7-6-13(9-16(15)20)8-12-4-2-1-3-5-12/h6-7,9,11-12,14,17,20H,1-5,8,10H2. The van der Waals surface area contributed by atoms with Gasteiger partial charge in [0.05, 0.1) is 18.3 Å². The van der Waals surface area contributed by atoms with E-state index in [1.54, 1.807) is 12.1 Å². The van der Waals surface area contributed by atoms with Crippen molar-refractivity contribution >= 4 is 22.2 Å². The number of aromatic hydroxyl groups is 1. The molecule has 1 saturated carbocycles. The number of benzene rings is 1. The van der Waals surface area contributed by atoms with Crippen LogP contribution in [-0.4, -0.2) is 32.4 Å². The Morgan fingerprint density at radius 3 is 2.61 bits per heavy atom. The van der Waals surface area contributed by atoms with Crippen molar-refractivity contribution in [2.75, 3.05) is 10.8 Å². The number of aldehydes is 1. The fourth-order valence-electron chi connectivity index (χ4n) is 3.50. The highest BCUT2D eigenvalue weighted by Crippen LogP contribution is 2.34. The third-order valence-corrected chi connectivity index (χ3v) is 6.20. The number of hydrogen-bond donors (Lipinski definition) is 2. The van der Waals surface area contributed by atoms with Crippen molar-refractivity contribution in [1.29, 1.82) is 0 Å². The minimum atomic E-state index is -3.77. The molecule has 1 atom stereocenters. The molecule has 0 amide bonds. The predicted molar refractivity (Wildman–Crippen MR) is 87.6 cm³/mol. The van der Waals surface area contributed by atoms with E-state index in [4.69, 9.17) is 0 Å². The van der Waals surface area contributed by atoms with Crippen LogP contribution in [0.1, 0.15) is 37.7 Å². The lowest BCUT2D eigenvalue weighted by atomic mass is 9.85. The van der Waals surface area contributed by atoms with Gasteiger partial charge in [-0.15, -0.1) is 0 Å². The second kappa shape index (κ2) is 6.49. The van der Waals surface area contributed by atoms with Crippen LogP contribution in [-0.2, 0) is 21.4 Å². The van der Waals surface area contributed by atoms with Gasteiger partial charge < -0.3 is 9.90 Å². The molecule has 2 aliphatic rings. The van der Waals surface area contributed by atoms with Crippen molar-refractivity contribution in [3.8, 4) is 5.75 Å². The molecule has 1 aromatic carbocycles. The minimum Gasteiger partial charge on any atom is -0.506 e. The SMILES string of the molecule is O=CC1CN(c2ccc(CC3CCCCC3)cc2O)S(=O)(=O)N1. The molecule has 2 fully saturated rings. The fraction of sp³-hybridized carbons (Fsp3) is 0.562. The number of nitrogens with zero attached hydrogens (tertiary/aromatic N) is 1. The van der Waals surface area contributed by atoms with Crippen molar-refractivity contribution in [3.63, 3.8) is 0 Å². The number of rotatable bonds is 4. The molecule has 1 aliphatic heterocycles. The molecule has 0 radical (unpaired) electrons. The number of anilines is 1. The van der Waals surface area contributed by atoms with Gasteiger partial charge in [0, 0.05) is 0 Å². The van der Waals surface area contributed by atoms with Crippen LogP contribution in [0.3, 0.4) is 0 Å². The molecule has 1 saturated heterocycles. The van der Waals surface area contributed by atoms with Crippen LogP contribution < -0.4 is 9.03 Å². The third kappa shape index (κ3) is 3.50. The van der Waals surface area contributed by atoms with Crippen LogP contribution in [0.2, 0.25) is 0 Å². The van der Waals surface area contributed by atoms with Crippen LogP contribution in [0.25, 0.3) is 0 Å². The normalized spacial score (nSPS) is 24.7. The van der Waals surface area contributed by atoms with E-state index >= 15 is 0 Å². The van der Waals surface area contributed by atoms with E-state index in [0.29, 0.717) is 12.2 Å². The van der Waals surface area contributed by atoms with Crippen molar-refractivity contribution in [2.45, 2.75) is 44.6 Å². The van der Waals surface area contributed by atoms with Gasteiger partial charge in [0.15, 0.2) is 0 Å². The highest BCUT2D eigenvalue weighted by molar-refractivity contribution is 7.91. The highest BCUT2D eigenvalue weighted by atomic mass is 32.2. The zero-order valence-electron chi connectivity index (χ0n) is 12.9. The molecule has 126 valence electrons. The van der Waals surface area contributed by atoms with Crippen molar-refractivity contribution in [2.24, 2.45) is 5.92 Å². The Morgan fingerprint density at radius 2 is 2.00 bits per heavy atom. The van der Waals surface area contributed by atoms with Crippen LogP contribution in [0, 0.1) is 5.92 Å². The maximum Gasteiger partial charge on any atom is 0.302 e. The molecule has 7 heteroatoms. The van der Waals surface area contributed by atoms with Crippen LogP contribution >= 0.6 is 0 Å². The van der Waals surface area contributed by atoms with Gasteiger partial charge in [-0.3, -0.25) is 4.31 Å². The maximum absolute atomic E-state index is 12.0. The number of phenolic OH excluding ortho intramolecular Hbond substituents is 1. The lowest BCUT2D eigenvalue weighted by Crippen LogP contribution is -2.30. The Bertz CT molecular complexity index is 683. The summed E-state index contributed by atoms with van der Waals surface area (Å²) in [4.78, 5) is 10.8. The maximum atomic E-state index is 12.0. The molecular weight excluding hydrogens is 316 g/mol. The van der Waals surface area contributed by atoms with E-state index in [1.807, 2.05) is 6.07 Å². The zero-order chi connectivity index (χ0) is 16.4. The van der Waals surface area contributed by atoms with Crippen LogP contribution in [0.5, 0.6) is 5.75 Å². The monoisotopic (exact) mass is 338 g/mol. The van der Waals surface area contributed by atoms with Gasteiger partial charge in [0.1, 0.15) is 12.0 Å². The molecule has 0 bridgehead atoms. The average molecular weight is 338 g/mol. The molecule has 0 spiro atoms.